The summed E-state index contributed by atoms with van der Waals surface area (Å²) in [5, 5.41) is 0. The molecule has 0 N–H and O–H groups in total. The fourth-order valence-electron chi connectivity index (χ4n) is 3.49. The third-order valence-corrected chi connectivity index (χ3v) is 4.76. The largest absolute Gasteiger partial charge is 0.491 e. The number of rotatable bonds is 6. The minimum absolute atomic E-state index is 0.0441. The highest BCUT2D eigenvalue weighted by atomic mass is 16.5. The Morgan fingerprint density at radius 2 is 2.04 bits per heavy atom. The van der Waals surface area contributed by atoms with Crippen LogP contribution in [0.15, 0.2) is 42.6 Å². The molecule has 2 aromatic rings. The zero-order valence-corrected chi connectivity index (χ0v) is 16.6. The Labute approximate surface area is 165 Å². The summed E-state index contributed by atoms with van der Waals surface area (Å²) in [6, 6.07) is 10.7. The van der Waals surface area contributed by atoms with Gasteiger partial charge in [0.15, 0.2) is 5.78 Å². The van der Waals surface area contributed by atoms with Crippen molar-refractivity contribution >= 4 is 11.7 Å². The molecule has 1 aromatic carbocycles. The average Bonchev–Trinajstić information content (AvgIpc) is 2.72. The molecule has 0 bridgehead atoms. The van der Waals surface area contributed by atoms with E-state index in [2.05, 4.69) is 4.98 Å². The number of hydrogen-bond donors (Lipinski definition) is 0. The summed E-state index contributed by atoms with van der Waals surface area (Å²) >= 11 is 0. The SMILES string of the molecule is COc1ncccc1C(=O)N1CCC[C@H](C(=O)c2cccc(OC(C)C)c2)C1. The van der Waals surface area contributed by atoms with Gasteiger partial charge in [0.05, 0.1) is 13.2 Å². The predicted octanol–water partition coefficient (Wildman–Crippen LogP) is 3.61. The minimum atomic E-state index is -0.227. The number of ether oxygens (including phenoxy) is 2. The van der Waals surface area contributed by atoms with Gasteiger partial charge in [-0.15, -0.1) is 0 Å². The quantitative estimate of drug-likeness (QED) is 0.714. The smallest absolute Gasteiger partial charge is 0.259 e. The normalized spacial score (nSPS) is 16.7. The Morgan fingerprint density at radius 3 is 2.79 bits per heavy atom. The second-order valence-electron chi connectivity index (χ2n) is 7.21. The molecule has 2 heterocycles. The lowest BCUT2D eigenvalue weighted by Crippen LogP contribution is -2.42. The van der Waals surface area contributed by atoms with Crippen molar-refractivity contribution in [2.45, 2.75) is 32.8 Å². The molecule has 0 aliphatic carbocycles. The number of amides is 1. The van der Waals surface area contributed by atoms with Gasteiger partial charge in [0.1, 0.15) is 11.3 Å². The summed E-state index contributed by atoms with van der Waals surface area (Å²) in [5.41, 5.74) is 1.04. The molecule has 1 atom stereocenters. The van der Waals surface area contributed by atoms with Crippen LogP contribution in [0.4, 0.5) is 0 Å². The molecule has 1 aliphatic heterocycles. The first-order valence-electron chi connectivity index (χ1n) is 9.58. The van der Waals surface area contributed by atoms with Crippen molar-refractivity contribution < 1.29 is 19.1 Å². The molecular formula is C22H26N2O4. The van der Waals surface area contributed by atoms with Crippen molar-refractivity contribution in [3.05, 3.63) is 53.7 Å². The number of carbonyl (C=O) groups is 2. The molecule has 0 spiro atoms. The second kappa shape index (κ2) is 8.87. The molecule has 3 rings (SSSR count). The van der Waals surface area contributed by atoms with Crippen LogP contribution in [0.25, 0.3) is 0 Å². The standard InChI is InChI=1S/C22H26N2O4/c1-15(2)28-18-9-4-7-16(13-18)20(25)17-8-6-12-24(14-17)22(26)19-10-5-11-23-21(19)27-3/h4-5,7,9-11,13,15,17H,6,8,12,14H2,1-3H3/t17-/m0/s1. The molecule has 0 unspecified atom stereocenters. The fourth-order valence-corrected chi connectivity index (χ4v) is 3.49. The summed E-state index contributed by atoms with van der Waals surface area (Å²) in [4.78, 5) is 31.8. The third-order valence-electron chi connectivity index (χ3n) is 4.76. The number of piperidine rings is 1. The number of nitrogens with zero attached hydrogens (tertiary/aromatic N) is 2. The number of Topliss-reactive ketones (excluding diaryl/α,β-unsaturated/α-hetero) is 1. The van der Waals surface area contributed by atoms with Crippen molar-refractivity contribution in [1.29, 1.82) is 0 Å². The van der Waals surface area contributed by atoms with E-state index in [4.69, 9.17) is 9.47 Å². The molecular weight excluding hydrogens is 356 g/mol. The predicted molar refractivity (Wildman–Crippen MR) is 106 cm³/mol. The first-order valence-corrected chi connectivity index (χ1v) is 9.58. The minimum Gasteiger partial charge on any atom is -0.491 e. The van der Waals surface area contributed by atoms with Gasteiger partial charge in [-0.25, -0.2) is 4.98 Å². The van der Waals surface area contributed by atoms with Crippen LogP contribution in [0, 0.1) is 5.92 Å². The number of benzene rings is 1. The number of methoxy groups -OCH3 is 1. The Bertz CT molecular complexity index is 850. The van der Waals surface area contributed by atoms with E-state index >= 15 is 0 Å². The molecule has 6 nitrogen and oxygen atoms in total. The molecule has 28 heavy (non-hydrogen) atoms. The van der Waals surface area contributed by atoms with Gasteiger partial charge in [-0.2, -0.15) is 0 Å². The van der Waals surface area contributed by atoms with Gasteiger partial charge in [0.2, 0.25) is 5.88 Å². The first kappa shape index (κ1) is 19.9. The third kappa shape index (κ3) is 4.50. The molecule has 0 saturated carbocycles. The van der Waals surface area contributed by atoms with Crippen molar-refractivity contribution in [2.75, 3.05) is 20.2 Å². The van der Waals surface area contributed by atoms with E-state index < -0.39 is 0 Å². The van der Waals surface area contributed by atoms with Crippen LogP contribution in [0.2, 0.25) is 0 Å². The summed E-state index contributed by atoms with van der Waals surface area (Å²) in [6.07, 6.45) is 3.18. The highest BCUT2D eigenvalue weighted by molar-refractivity contribution is 6.00. The van der Waals surface area contributed by atoms with Crippen molar-refractivity contribution in [3.8, 4) is 11.6 Å². The van der Waals surface area contributed by atoms with E-state index in [0.717, 1.165) is 12.8 Å². The van der Waals surface area contributed by atoms with Gasteiger partial charge in [0, 0.05) is 30.8 Å². The topological polar surface area (TPSA) is 68.7 Å². The van der Waals surface area contributed by atoms with Gasteiger partial charge in [-0.3, -0.25) is 9.59 Å². The summed E-state index contributed by atoms with van der Waals surface area (Å²) in [5.74, 6) is 0.656. The maximum Gasteiger partial charge on any atom is 0.259 e. The number of likely N-dealkylation sites (tertiary alicyclic amines) is 1. The van der Waals surface area contributed by atoms with E-state index in [0.29, 0.717) is 35.8 Å². The van der Waals surface area contributed by atoms with E-state index in [1.807, 2.05) is 26.0 Å². The van der Waals surface area contributed by atoms with Crippen LogP contribution in [-0.2, 0) is 0 Å². The Hall–Kier alpha value is -2.89. The molecule has 0 radical (unpaired) electrons. The monoisotopic (exact) mass is 382 g/mol. The summed E-state index contributed by atoms with van der Waals surface area (Å²) in [6.45, 7) is 4.92. The average molecular weight is 382 g/mol. The van der Waals surface area contributed by atoms with Gasteiger partial charge in [-0.1, -0.05) is 12.1 Å². The number of ketones is 1. The van der Waals surface area contributed by atoms with Gasteiger partial charge < -0.3 is 14.4 Å². The van der Waals surface area contributed by atoms with E-state index in [9.17, 15) is 9.59 Å². The van der Waals surface area contributed by atoms with E-state index in [1.54, 1.807) is 35.4 Å². The van der Waals surface area contributed by atoms with Gasteiger partial charge in [0.25, 0.3) is 5.91 Å². The molecule has 1 aromatic heterocycles. The van der Waals surface area contributed by atoms with Crippen LogP contribution in [0.5, 0.6) is 11.6 Å². The number of hydrogen-bond acceptors (Lipinski definition) is 5. The lowest BCUT2D eigenvalue weighted by atomic mass is 9.89. The summed E-state index contributed by atoms with van der Waals surface area (Å²) < 4.78 is 10.9. The van der Waals surface area contributed by atoms with E-state index in [1.165, 1.54) is 7.11 Å². The van der Waals surface area contributed by atoms with Crippen molar-refractivity contribution in [1.82, 2.24) is 9.88 Å². The summed E-state index contributed by atoms with van der Waals surface area (Å²) in [7, 11) is 1.49. The number of pyridine rings is 1. The van der Waals surface area contributed by atoms with Crippen LogP contribution in [-0.4, -0.2) is 47.9 Å². The van der Waals surface area contributed by atoms with Crippen LogP contribution in [0.1, 0.15) is 47.4 Å². The zero-order chi connectivity index (χ0) is 20.1. The zero-order valence-electron chi connectivity index (χ0n) is 16.6. The molecule has 1 amide bonds. The van der Waals surface area contributed by atoms with Crippen molar-refractivity contribution in [3.63, 3.8) is 0 Å². The molecule has 1 fully saturated rings. The number of carbonyl (C=O) groups excluding carboxylic acids is 2. The van der Waals surface area contributed by atoms with Crippen LogP contribution in [0.3, 0.4) is 0 Å². The van der Waals surface area contributed by atoms with Crippen LogP contribution < -0.4 is 9.47 Å². The van der Waals surface area contributed by atoms with Gasteiger partial charge in [-0.05, 0) is 51.0 Å². The lowest BCUT2D eigenvalue weighted by molar-refractivity contribution is 0.0633. The Balaban J connectivity index is 1.74. The highest BCUT2D eigenvalue weighted by Crippen LogP contribution is 2.26. The first-order chi connectivity index (χ1) is 13.5. The van der Waals surface area contributed by atoms with E-state index in [-0.39, 0.29) is 23.7 Å². The molecule has 1 aliphatic rings. The Kier molecular flexibility index (Phi) is 6.29. The fraction of sp³-hybridized carbons (Fsp3) is 0.409. The van der Waals surface area contributed by atoms with Crippen LogP contribution >= 0.6 is 0 Å². The highest BCUT2D eigenvalue weighted by Gasteiger charge is 2.30. The van der Waals surface area contributed by atoms with Crippen molar-refractivity contribution in [2.24, 2.45) is 5.92 Å². The molecule has 1 saturated heterocycles. The second-order valence-corrected chi connectivity index (χ2v) is 7.21. The maximum atomic E-state index is 13.0. The maximum absolute atomic E-state index is 13.0. The molecule has 148 valence electrons. The van der Waals surface area contributed by atoms with Gasteiger partial charge >= 0.3 is 0 Å². The number of aromatic nitrogens is 1. The lowest BCUT2D eigenvalue weighted by Gasteiger charge is -2.32. The molecule has 6 heteroatoms. The Morgan fingerprint density at radius 1 is 1.21 bits per heavy atom.